The van der Waals surface area contributed by atoms with Crippen LogP contribution in [0.2, 0.25) is 0 Å². The molecule has 1 fully saturated rings. The van der Waals surface area contributed by atoms with Crippen LogP contribution in [0.4, 0.5) is 4.79 Å². The first-order chi connectivity index (χ1) is 9.26. The first kappa shape index (κ1) is 15.8. The van der Waals surface area contributed by atoms with Crippen molar-refractivity contribution < 1.29 is 9.53 Å². The molecule has 0 bridgehead atoms. The van der Waals surface area contributed by atoms with Gasteiger partial charge in [0.25, 0.3) is 0 Å². The molecule has 2 heterocycles. The van der Waals surface area contributed by atoms with Crippen molar-refractivity contribution in [1.82, 2.24) is 4.90 Å². The smallest absolute Gasteiger partial charge is 0.410 e. The number of halogens is 1. The molecule has 0 aromatic carbocycles. The van der Waals surface area contributed by atoms with Crippen LogP contribution in [0.15, 0.2) is 9.85 Å². The highest BCUT2D eigenvalue weighted by molar-refractivity contribution is 9.11. The molecule has 0 aliphatic carbocycles. The molecule has 0 atom stereocenters. The Morgan fingerprint density at radius 2 is 2.00 bits per heavy atom. The summed E-state index contributed by atoms with van der Waals surface area (Å²) in [5, 5.41) is 0. The maximum absolute atomic E-state index is 12.0. The van der Waals surface area contributed by atoms with Gasteiger partial charge in [0.05, 0.1) is 3.79 Å². The number of carbonyl (C=O) groups is 1. The average Bonchev–Trinajstić information content (AvgIpc) is 2.66. The molecule has 1 aliphatic rings. The number of aryl methyl sites for hydroxylation is 1. The van der Waals surface area contributed by atoms with E-state index in [1.54, 1.807) is 11.3 Å². The standard InChI is InChI=1S/C15H22BrNO2S/c1-10-12(9-13(16)20-10)11-5-7-17(8-6-11)14(18)19-15(2,3)4/h9,11H,5-8H2,1-4H3. The molecule has 0 unspecified atom stereocenters. The topological polar surface area (TPSA) is 29.5 Å². The Balaban J connectivity index is 1.92. The van der Waals surface area contributed by atoms with Crippen molar-refractivity contribution in [3.05, 3.63) is 20.3 Å². The van der Waals surface area contributed by atoms with Crippen molar-refractivity contribution in [2.75, 3.05) is 13.1 Å². The van der Waals surface area contributed by atoms with Crippen molar-refractivity contribution in [1.29, 1.82) is 0 Å². The summed E-state index contributed by atoms with van der Waals surface area (Å²) in [6, 6.07) is 2.23. The summed E-state index contributed by atoms with van der Waals surface area (Å²) in [4.78, 5) is 15.2. The molecule has 112 valence electrons. The first-order valence-electron chi connectivity index (χ1n) is 7.00. The van der Waals surface area contributed by atoms with Gasteiger partial charge in [0.15, 0.2) is 0 Å². The number of thiophene rings is 1. The lowest BCUT2D eigenvalue weighted by molar-refractivity contribution is 0.0205. The van der Waals surface area contributed by atoms with Gasteiger partial charge in [-0.15, -0.1) is 11.3 Å². The molecule has 0 radical (unpaired) electrons. The van der Waals surface area contributed by atoms with Gasteiger partial charge >= 0.3 is 6.09 Å². The lowest BCUT2D eigenvalue weighted by Gasteiger charge is -2.33. The summed E-state index contributed by atoms with van der Waals surface area (Å²) in [6.45, 7) is 9.46. The van der Waals surface area contributed by atoms with E-state index < -0.39 is 5.60 Å². The molecule has 1 aromatic heterocycles. The largest absolute Gasteiger partial charge is 0.444 e. The number of hydrogen-bond donors (Lipinski definition) is 0. The Morgan fingerprint density at radius 1 is 1.40 bits per heavy atom. The zero-order chi connectivity index (χ0) is 14.9. The van der Waals surface area contributed by atoms with E-state index in [0.29, 0.717) is 5.92 Å². The Morgan fingerprint density at radius 3 is 2.45 bits per heavy atom. The van der Waals surface area contributed by atoms with Gasteiger partial charge in [-0.1, -0.05) is 0 Å². The summed E-state index contributed by atoms with van der Waals surface area (Å²) in [7, 11) is 0. The second kappa shape index (κ2) is 6.06. The summed E-state index contributed by atoms with van der Waals surface area (Å²) in [5.41, 5.74) is 1.02. The molecule has 3 nitrogen and oxygen atoms in total. The normalized spacial score (nSPS) is 17.4. The average molecular weight is 360 g/mol. The van der Waals surface area contributed by atoms with Crippen LogP contribution in [0.3, 0.4) is 0 Å². The predicted molar refractivity (Wildman–Crippen MR) is 86.5 cm³/mol. The van der Waals surface area contributed by atoms with E-state index in [2.05, 4.69) is 28.9 Å². The van der Waals surface area contributed by atoms with Crippen LogP contribution in [0.1, 0.15) is 50.0 Å². The second-order valence-electron chi connectivity index (χ2n) is 6.30. The van der Waals surface area contributed by atoms with Gasteiger partial charge in [-0.25, -0.2) is 4.79 Å². The number of amides is 1. The zero-order valence-electron chi connectivity index (χ0n) is 12.5. The fourth-order valence-corrected chi connectivity index (χ4v) is 4.36. The lowest BCUT2D eigenvalue weighted by atomic mass is 9.90. The quantitative estimate of drug-likeness (QED) is 0.710. The molecular weight excluding hydrogens is 338 g/mol. The van der Waals surface area contributed by atoms with E-state index in [1.807, 2.05) is 25.7 Å². The molecule has 20 heavy (non-hydrogen) atoms. The van der Waals surface area contributed by atoms with E-state index in [4.69, 9.17) is 4.74 Å². The lowest BCUT2D eigenvalue weighted by Crippen LogP contribution is -2.41. The number of rotatable bonds is 1. The van der Waals surface area contributed by atoms with Gasteiger partial charge in [0.2, 0.25) is 0 Å². The number of nitrogens with zero attached hydrogens (tertiary/aromatic N) is 1. The van der Waals surface area contributed by atoms with Crippen LogP contribution < -0.4 is 0 Å². The Kier molecular flexibility index (Phi) is 4.80. The van der Waals surface area contributed by atoms with Crippen LogP contribution >= 0.6 is 27.3 Å². The third-order valence-corrected chi connectivity index (χ3v) is 5.08. The minimum absolute atomic E-state index is 0.181. The highest BCUT2D eigenvalue weighted by atomic mass is 79.9. The first-order valence-corrected chi connectivity index (χ1v) is 8.61. The zero-order valence-corrected chi connectivity index (χ0v) is 14.9. The number of carbonyl (C=O) groups excluding carboxylic acids is 1. The van der Waals surface area contributed by atoms with Crippen LogP contribution in [-0.2, 0) is 4.74 Å². The van der Waals surface area contributed by atoms with Gasteiger partial charge in [-0.2, -0.15) is 0 Å². The maximum Gasteiger partial charge on any atom is 0.410 e. The molecule has 5 heteroatoms. The number of piperidine rings is 1. The number of hydrogen-bond acceptors (Lipinski definition) is 3. The SMILES string of the molecule is Cc1sc(Br)cc1C1CCN(C(=O)OC(C)(C)C)CC1. The molecule has 0 saturated carbocycles. The Labute approximate surface area is 133 Å². The van der Waals surface area contributed by atoms with E-state index >= 15 is 0 Å². The predicted octanol–water partition coefficient (Wildman–Crippen LogP) is 4.93. The fourth-order valence-electron chi connectivity index (χ4n) is 2.56. The van der Waals surface area contributed by atoms with Crippen LogP contribution in [0.25, 0.3) is 0 Å². The fraction of sp³-hybridized carbons (Fsp3) is 0.667. The summed E-state index contributed by atoms with van der Waals surface area (Å²) >= 11 is 5.34. The number of likely N-dealkylation sites (tertiary alicyclic amines) is 1. The van der Waals surface area contributed by atoms with Crippen molar-refractivity contribution in [2.24, 2.45) is 0 Å². The Hall–Kier alpha value is -0.550. The Bertz CT molecular complexity index is 485. The molecule has 0 spiro atoms. The van der Waals surface area contributed by atoms with Gasteiger partial charge in [0, 0.05) is 18.0 Å². The molecule has 1 amide bonds. The molecule has 2 rings (SSSR count). The van der Waals surface area contributed by atoms with Crippen LogP contribution in [0.5, 0.6) is 0 Å². The van der Waals surface area contributed by atoms with Gasteiger partial charge in [0.1, 0.15) is 5.60 Å². The summed E-state index contributed by atoms with van der Waals surface area (Å²) < 4.78 is 6.62. The van der Waals surface area contributed by atoms with Crippen molar-refractivity contribution >= 4 is 33.4 Å². The van der Waals surface area contributed by atoms with Crippen LogP contribution in [-0.4, -0.2) is 29.7 Å². The van der Waals surface area contributed by atoms with Crippen LogP contribution in [0, 0.1) is 6.92 Å². The molecule has 1 saturated heterocycles. The minimum atomic E-state index is -0.414. The maximum atomic E-state index is 12.0. The van der Waals surface area contributed by atoms with Gasteiger partial charge < -0.3 is 9.64 Å². The van der Waals surface area contributed by atoms with E-state index in [-0.39, 0.29) is 6.09 Å². The van der Waals surface area contributed by atoms with E-state index in [9.17, 15) is 4.79 Å². The van der Waals surface area contributed by atoms with Crippen molar-refractivity contribution in [3.63, 3.8) is 0 Å². The van der Waals surface area contributed by atoms with Gasteiger partial charge in [-0.05, 0) is 74.0 Å². The molecule has 1 aromatic rings. The second-order valence-corrected chi connectivity index (χ2v) is 8.94. The van der Waals surface area contributed by atoms with Crippen molar-refractivity contribution in [2.45, 2.75) is 52.1 Å². The highest BCUT2D eigenvalue weighted by Gasteiger charge is 2.28. The third kappa shape index (κ3) is 3.98. The summed E-state index contributed by atoms with van der Waals surface area (Å²) in [6.07, 6.45) is 1.85. The summed E-state index contributed by atoms with van der Waals surface area (Å²) in [5.74, 6) is 0.566. The van der Waals surface area contributed by atoms with E-state index in [1.165, 1.54) is 14.2 Å². The van der Waals surface area contributed by atoms with Crippen molar-refractivity contribution in [3.8, 4) is 0 Å². The highest BCUT2D eigenvalue weighted by Crippen LogP contribution is 2.36. The molecule has 1 aliphatic heterocycles. The van der Waals surface area contributed by atoms with E-state index in [0.717, 1.165) is 25.9 Å². The number of ether oxygens (including phenoxy) is 1. The minimum Gasteiger partial charge on any atom is -0.444 e. The molecule has 0 N–H and O–H groups in total. The van der Waals surface area contributed by atoms with Gasteiger partial charge in [-0.3, -0.25) is 0 Å². The third-order valence-electron chi connectivity index (χ3n) is 3.51. The molecular formula is C15H22BrNO2S. The monoisotopic (exact) mass is 359 g/mol.